The van der Waals surface area contributed by atoms with Crippen LogP contribution in [0, 0.1) is 0 Å². The average Bonchev–Trinajstić information content (AvgIpc) is 2.30. The van der Waals surface area contributed by atoms with Crippen LogP contribution in [0.3, 0.4) is 0 Å². The quantitative estimate of drug-likeness (QED) is 0.770. The molecule has 0 aliphatic carbocycles. The van der Waals surface area contributed by atoms with Crippen molar-refractivity contribution >= 4 is 5.69 Å². The summed E-state index contributed by atoms with van der Waals surface area (Å²) in [6, 6.07) is 8.73. The molecule has 0 saturated carbocycles. The summed E-state index contributed by atoms with van der Waals surface area (Å²) in [6.07, 6.45) is 3.48. The summed E-state index contributed by atoms with van der Waals surface area (Å²) < 4.78 is 0. The van der Waals surface area contributed by atoms with Gasteiger partial charge in [0.05, 0.1) is 0 Å². The first-order chi connectivity index (χ1) is 7.66. The van der Waals surface area contributed by atoms with Crippen molar-refractivity contribution < 1.29 is 0 Å². The minimum Gasteiger partial charge on any atom is -0.367 e. The van der Waals surface area contributed by atoms with Gasteiger partial charge < -0.3 is 10.6 Å². The highest BCUT2D eigenvalue weighted by atomic mass is 15.1. The van der Waals surface area contributed by atoms with E-state index in [1.54, 1.807) is 0 Å². The maximum Gasteiger partial charge on any atom is 0.0369 e. The maximum absolute atomic E-state index is 5.84. The normalized spacial score (nSPS) is 18.2. The lowest BCUT2D eigenvalue weighted by Gasteiger charge is -2.27. The van der Waals surface area contributed by atoms with E-state index in [1.165, 1.54) is 23.2 Å². The molecule has 0 amide bonds. The number of nitrogens with two attached hydrogens (primary N) is 1. The van der Waals surface area contributed by atoms with Gasteiger partial charge in [-0.3, -0.25) is 0 Å². The second kappa shape index (κ2) is 4.71. The van der Waals surface area contributed by atoms with E-state index in [9.17, 15) is 0 Å². The maximum atomic E-state index is 5.84. The summed E-state index contributed by atoms with van der Waals surface area (Å²) in [5.41, 5.74) is 9.84. The number of rotatable bonds is 2. The lowest BCUT2D eigenvalue weighted by Crippen LogP contribution is -2.28. The van der Waals surface area contributed by atoms with Gasteiger partial charge in [0.25, 0.3) is 0 Å². The lowest BCUT2D eigenvalue weighted by molar-refractivity contribution is 0.784. The highest BCUT2D eigenvalue weighted by Gasteiger charge is 2.10. The molecule has 1 aliphatic rings. The molecule has 2 heteroatoms. The predicted octanol–water partition coefficient (Wildman–Crippen LogP) is 2.86. The fraction of sp³-hybridized carbons (Fsp3) is 0.429. The lowest BCUT2D eigenvalue weighted by atomic mass is 10.1. The third kappa shape index (κ3) is 2.45. The highest BCUT2D eigenvalue weighted by molar-refractivity contribution is 5.49. The first kappa shape index (κ1) is 11.2. The minimum atomic E-state index is 0.123. The van der Waals surface area contributed by atoms with Crippen molar-refractivity contribution in [2.75, 3.05) is 18.0 Å². The largest absolute Gasteiger partial charge is 0.367 e. The van der Waals surface area contributed by atoms with Crippen molar-refractivity contribution in [3.05, 3.63) is 41.5 Å². The van der Waals surface area contributed by atoms with Crippen LogP contribution in [0.5, 0.6) is 0 Å². The number of nitrogens with zero attached hydrogens (tertiary/aromatic N) is 1. The number of benzene rings is 1. The van der Waals surface area contributed by atoms with Gasteiger partial charge in [0, 0.05) is 24.8 Å². The first-order valence-electron chi connectivity index (χ1n) is 5.93. The molecule has 0 unspecified atom stereocenters. The molecule has 0 bridgehead atoms. The summed E-state index contributed by atoms with van der Waals surface area (Å²) in [4.78, 5) is 2.40. The zero-order valence-corrected chi connectivity index (χ0v) is 10.1. The van der Waals surface area contributed by atoms with Crippen molar-refractivity contribution in [2.24, 2.45) is 5.73 Å². The van der Waals surface area contributed by atoms with Crippen molar-refractivity contribution in [1.29, 1.82) is 0 Å². The molecule has 1 heterocycles. The van der Waals surface area contributed by atoms with Crippen LogP contribution in [-0.4, -0.2) is 13.1 Å². The van der Waals surface area contributed by atoms with E-state index in [4.69, 9.17) is 5.73 Å². The fourth-order valence-corrected chi connectivity index (χ4v) is 1.99. The minimum absolute atomic E-state index is 0.123. The van der Waals surface area contributed by atoms with Gasteiger partial charge in [0.15, 0.2) is 0 Å². The topological polar surface area (TPSA) is 29.3 Å². The van der Waals surface area contributed by atoms with E-state index in [0.29, 0.717) is 0 Å². The molecule has 2 rings (SSSR count). The molecule has 1 aromatic carbocycles. The molecule has 16 heavy (non-hydrogen) atoms. The van der Waals surface area contributed by atoms with Crippen LogP contribution in [0.4, 0.5) is 5.69 Å². The van der Waals surface area contributed by atoms with Gasteiger partial charge in [0.1, 0.15) is 0 Å². The van der Waals surface area contributed by atoms with E-state index < -0.39 is 0 Å². The van der Waals surface area contributed by atoms with Crippen molar-refractivity contribution in [3.63, 3.8) is 0 Å². The second-order valence-corrected chi connectivity index (χ2v) is 4.63. The highest BCUT2D eigenvalue weighted by Crippen LogP contribution is 2.21. The van der Waals surface area contributed by atoms with Gasteiger partial charge >= 0.3 is 0 Å². The zero-order chi connectivity index (χ0) is 11.5. The van der Waals surface area contributed by atoms with Crippen LogP contribution in [0.1, 0.15) is 31.9 Å². The Kier molecular flexibility index (Phi) is 3.30. The van der Waals surface area contributed by atoms with Crippen LogP contribution >= 0.6 is 0 Å². The van der Waals surface area contributed by atoms with E-state index in [2.05, 4.69) is 42.2 Å². The molecule has 86 valence electrons. The predicted molar refractivity (Wildman–Crippen MR) is 69.6 cm³/mol. The Morgan fingerprint density at radius 3 is 2.44 bits per heavy atom. The Morgan fingerprint density at radius 1 is 1.25 bits per heavy atom. The molecule has 1 aromatic rings. The Morgan fingerprint density at radius 2 is 1.94 bits per heavy atom. The van der Waals surface area contributed by atoms with Gasteiger partial charge in [-0.25, -0.2) is 0 Å². The summed E-state index contributed by atoms with van der Waals surface area (Å²) in [5, 5.41) is 0. The molecule has 2 N–H and O–H groups in total. The Balaban J connectivity index is 2.10. The van der Waals surface area contributed by atoms with Crippen molar-refractivity contribution in [1.82, 2.24) is 0 Å². The summed E-state index contributed by atoms with van der Waals surface area (Å²) in [7, 11) is 0. The van der Waals surface area contributed by atoms with E-state index in [0.717, 1.165) is 13.1 Å². The smallest absolute Gasteiger partial charge is 0.0369 e. The molecular weight excluding hydrogens is 196 g/mol. The van der Waals surface area contributed by atoms with Crippen LogP contribution in [0.25, 0.3) is 0 Å². The van der Waals surface area contributed by atoms with Gasteiger partial charge in [-0.1, -0.05) is 23.8 Å². The molecule has 0 spiro atoms. The zero-order valence-electron chi connectivity index (χ0n) is 10.1. The summed E-state index contributed by atoms with van der Waals surface area (Å²) >= 11 is 0. The monoisotopic (exact) mass is 216 g/mol. The van der Waals surface area contributed by atoms with Crippen LogP contribution in [0.2, 0.25) is 0 Å². The molecular formula is C14H20N2. The number of hydrogen-bond donors (Lipinski definition) is 1. The number of hydrogen-bond acceptors (Lipinski definition) is 2. The van der Waals surface area contributed by atoms with E-state index in [1.807, 2.05) is 6.92 Å². The van der Waals surface area contributed by atoms with Crippen LogP contribution < -0.4 is 10.6 Å². The van der Waals surface area contributed by atoms with Gasteiger partial charge in [0.2, 0.25) is 0 Å². The third-order valence-corrected chi connectivity index (χ3v) is 3.22. The third-order valence-electron chi connectivity index (χ3n) is 3.22. The Bertz CT molecular complexity index is 376. The molecule has 0 saturated heterocycles. The molecule has 1 atom stereocenters. The molecule has 2 nitrogen and oxygen atoms in total. The Labute approximate surface area is 97.8 Å². The molecule has 1 aliphatic heterocycles. The van der Waals surface area contributed by atoms with Crippen LogP contribution in [-0.2, 0) is 0 Å². The molecule has 0 fully saturated rings. The van der Waals surface area contributed by atoms with Gasteiger partial charge in [-0.15, -0.1) is 0 Å². The SMILES string of the molecule is CC1=CCN(c2ccc([C@@H](C)N)cc2)CC1. The van der Waals surface area contributed by atoms with Gasteiger partial charge in [-0.2, -0.15) is 0 Å². The van der Waals surface area contributed by atoms with Crippen molar-refractivity contribution in [3.8, 4) is 0 Å². The fourth-order valence-electron chi connectivity index (χ4n) is 1.99. The standard InChI is InChI=1S/C14H20N2/c1-11-7-9-16(10-8-11)14-5-3-13(4-6-14)12(2)15/h3-7,12H,8-10,15H2,1-2H3/t12-/m1/s1. The second-order valence-electron chi connectivity index (χ2n) is 4.63. The van der Waals surface area contributed by atoms with E-state index >= 15 is 0 Å². The van der Waals surface area contributed by atoms with Gasteiger partial charge in [-0.05, 0) is 38.0 Å². The summed E-state index contributed by atoms with van der Waals surface area (Å²) in [6.45, 7) is 6.38. The molecule has 0 radical (unpaired) electrons. The molecule has 0 aromatic heterocycles. The average molecular weight is 216 g/mol. The van der Waals surface area contributed by atoms with Crippen LogP contribution in [0.15, 0.2) is 35.9 Å². The summed E-state index contributed by atoms with van der Waals surface area (Å²) in [5.74, 6) is 0. The van der Waals surface area contributed by atoms with Crippen molar-refractivity contribution in [2.45, 2.75) is 26.3 Å². The Hall–Kier alpha value is -1.28. The first-order valence-corrected chi connectivity index (χ1v) is 5.93. The van der Waals surface area contributed by atoms with E-state index in [-0.39, 0.29) is 6.04 Å². The number of anilines is 1.